The van der Waals surface area contributed by atoms with Gasteiger partial charge in [-0.05, 0) is 12.1 Å². The van der Waals surface area contributed by atoms with Gasteiger partial charge in [0.2, 0.25) is 0 Å². The first-order chi connectivity index (χ1) is 8.20. The molecule has 1 N–H and O–H groups in total. The zero-order valence-corrected chi connectivity index (χ0v) is 9.61. The molecule has 88 valence electrons. The van der Waals surface area contributed by atoms with Gasteiger partial charge in [0.15, 0.2) is 10.9 Å². The third-order valence-electron chi connectivity index (χ3n) is 1.86. The number of amides is 1. The van der Waals surface area contributed by atoms with E-state index in [1.807, 2.05) is 0 Å². The van der Waals surface area contributed by atoms with Gasteiger partial charge in [-0.15, -0.1) is 0 Å². The molecule has 2 heterocycles. The normalized spacial score (nSPS) is 9.94. The van der Waals surface area contributed by atoms with Crippen molar-refractivity contribution in [2.75, 3.05) is 12.4 Å². The fourth-order valence-corrected chi connectivity index (χ4v) is 1.82. The Hall–Kier alpha value is -2.15. The van der Waals surface area contributed by atoms with E-state index in [-0.39, 0.29) is 5.76 Å². The highest BCUT2D eigenvalue weighted by atomic mass is 32.1. The zero-order chi connectivity index (χ0) is 12.3. The van der Waals surface area contributed by atoms with Crippen molar-refractivity contribution >= 4 is 28.3 Å². The number of furan rings is 1. The molecule has 0 unspecified atom stereocenters. The molecule has 0 fully saturated rings. The Labute approximate surface area is 100 Å². The summed E-state index contributed by atoms with van der Waals surface area (Å²) < 4.78 is 9.44. The molecule has 0 bridgehead atoms. The molecule has 2 rings (SSSR count). The maximum atomic E-state index is 11.6. The van der Waals surface area contributed by atoms with Gasteiger partial charge in [-0.2, -0.15) is 0 Å². The summed E-state index contributed by atoms with van der Waals surface area (Å²) in [6, 6.07) is 3.14. The molecular formula is C10H8N2O4S. The van der Waals surface area contributed by atoms with E-state index in [1.54, 1.807) is 6.07 Å². The first kappa shape index (κ1) is 11.3. The quantitative estimate of drug-likeness (QED) is 0.842. The fourth-order valence-electron chi connectivity index (χ4n) is 1.09. The van der Waals surface area contributed by atoms with Crippen molar-refractivity contribution in [1.29, 1.82) is 0 Å². The molecule has 0 aliphatic heterocycles. The van der Waals surface area contributed by atoms with Gasteiger partial charge in [-0.1, -0.05) is 11.3 Å². The number of anilines is 1. The summed E-state index contributed by atoms with van der Waals surface area (Å²) in [5.41, 5.74) is 0. The number of aromatic nitrogens is 1. The highest BCUT2D eigenvalue weighted by Crippen LogP contribution is 2.19. The predicted molar refractivity (Wildman–Crippen MR) is 60.1 cm³/mol. The van der Waals surface area contributed by atoms with Crippen molar-refractivity contribution in [3.8, 4) is 0 Å². The molecule has 17 heavy (non-hydrogen) atoms. The van der Waals surface area contributed by atoms with Gasteiger partial charge in [0, 0.05) is 0 Å². The molecule has 0 aromatic carbocycles. The van der Waals surface area contributed by atoms with Crippen LogP contribution in [0.5, 0.6) is 0 Å². The average molecular weight is 252 g/mol. The van der Waals surface area contributed by atoms with E-state index in [9.17, 15) is 9.59 Å². The van der Waals surface area contributed by atoms with E-state index in [2.05, 4.69) is 15.0 Å². The number of nitrogens with one attached hydrogen (secondary N) is 1. The zero-order valence-electron chi connectivity index (χ0n) is 8.80. The van der Waals surface area contributed by atoms with Crippen LogP contribution in [0, 0.1) is 0 Å². The summed E-state index contributed by atoms with van der Waals surface area (Å²) in [6.45, 7) is 0. The minimum absolute atomic E-state index is 0.180. The van der Waals surface area contributed by atoms with Crippen LogP contribution >= 0.6 is 11.3 Å². The van der Waals surface area contributed by atoms with Crippen LogP contribution in [-0.4, -0.2) is 24.0 Å². The summed E-state index contributed by atoms with van der Waals surface area (Å²) in [7, 11) is 1.28. The van der Waals surface area contributed by atoms with Gasteiger partial charge < -0.3 is 9.15 Å². The summed E-state index contributed by atoms with van der Waals surface area (Å²) in [5.74, 6) is -0.721. The van der Waals surface area contributed by atoms with Crippen molar-refractivity contribution in [1.82, 2.24) is 4.98 Å². The lowest BCUT2D eigenvalue weighted by Gasteiger charge is -1.96. The Morgan fingerprint density at radius 1 is 1.53 bits per heavy atom. The van der Waals surface area contributed by atoms with Gasteiger partial charge in [-0.25, -0.2) is 9.78 Å². The van der Waals surface area contributed by atoms with E-state index < -0.39 is 11.9 Å². The largest absolute Gasteiger partial charge is 0.465 e. The number of nitrogens with zero attached hydrogens (tertiary/aromatic N) is 1. The average Bonchev–Trinajstić information content (AvgIpc) is 2.98. The molecule has 0 atom stereocenters. The summed E-state index contributed by atoms with van der Waals surface area (Å²) in [5, 5.41) is 2.82. The van der Waals surface area contributed by atoms with Gasteiger partial charge >= 0.3 is 5.97 Å². The second-order valence-corrected chi connectivity index (χ2v) is 3.98. The molecule has 0 saturated heterocycles. The van der Waals surface area contributed by atoms with Crippen LogP contribution in [0.1, 0.15) is 20.2 Å². The SMILES string of the molecule is COC(=O)c1cnc(NC(=O)c2ccco2)s1. The fraction of sp³-hybridized carbons (Fsp3) is 0.100. The lowest BCUT2D eigenvalue weighted by atomic mass is 10.4. The molecule has 7 heteroatoms. The van der Waals surface area contributed by atoms with E-state index in [0.29, 0.717) is 10.0 Å². The van der Waals surface area contributed by atoms with Crippen molar-refractivity contribution in [2.24, 2.45) is 0 Å². The third kappa shape index (κ3) is 2.51. The Balaban J connectivity index is 2.07. The van der Waals surface area contributed by atoms with Crippen molar-refractivity contribution in [3.63, 3.8) is 0 Å². The lowest BCUT2D eigenvalue weighted by molar-refractivity contribution is 0.0606. The van der Waals surface area contributed by atoms with Crippen molar-refractivity contribution < 1.29 is 18.7 Å². The standard InChI is InChI=1S/C10H8N2O4S/c1-15-9(14)7-5-11-10(17-7)12-8(13)6-3-2-4-16-6/h2-5H,1H3,(H,11,12,13). The van der Waals surface area contributed by atoms with Crippen LogP contribution in [0.4, 0.5) is 5.13 Å². The lowest BCUT2D eigenvalue weighted by Crippen LogP contribution is -2.10. The van der Waals surface area contributed by atoms with Crippen LogP contribution in [0.2, 0.25) is 0 Å². The number of hydrogen-bond acceptors (Lipinski definition) is 6. The Morgan fingerprint density at radius 3 is 3.00 bits per heavy atom. The molecule has 2 aromatic heterocycles. The number of esters is 1. The third-order valence-corrected chi connectivity index (χ3v) is 2.75. The molecule has 6 nitrogen and oxygen atoms in total. The molecule has 0 aliphatic rings. The van der Waals surface area contributed by atoms with E-state index in [1.165, 1.54) is 25.6 Å². The molecule has 0 saturated carbocycles. The minimum Gasteiger partial charge on any atom is -0.465 e. The highest BCUT2D eigenvalue weighted by molar-refractivity contribution is 7.17. The van der Waals surface area contributed by atoms with Crippen LogP contribution < -0.4 is 5.32 Å². The Kier molecular flexibility index (Phi) is 3.20. The Bertz CT molecular complexity index is 532. The number of hydrogen-bond donors (Lipinski definition) is 1. The molecule has 0 spiro atoms. The second-order valence-electron chi connectivity index (χ2n) is 2.95. The summed E-state index contributed by atoms with van der Waals surface area (Å²) in [6.07, 6.45) is 2.74. The van der Waals surface area contributed by atoms with E-state index >= 15 is 0 Å². The van der Waals surface area contributed by atoms with Crippen LogP contribution in [0.25, 0.3) is 0 Å². The Morgan fingerprint density at radius 2 is 2.35 bits per heavy atom. The van der Waals surface area contributed by atoms with Crippen LogP contribution in [-0.2, 0) is 4.74 Å². The summed E-state index contributed by atoms with van der Waals surface area (Å²) >= 11 is 1.03. The topological polar surface area (TPSA) is 81.4 Å². The molecular weight excluding hydrogens is 244 g/mol. The molecule has 1 amide bonds. The van der Waals surface area contributed by atoms with Gasteiger partial charge in [0.1, 0.15) is 4.88 Å². The first-order valence-corrected chi connectivity index (χ1v) is 5.41. The van der Waals surface area contributed by atoms with E-state index in [4.69, 9.17) is 4.42 Å². The van der Waals surface area contributed by atoms with Gasteiger partial charge in [0.05, 0.1) is 19.6 Å². The van der Waals surface area contributed by atoms with Crippen molar-refractivity contribution in [3.05, 3.63) is 35.2 Å². The maximum absolute atomic E-state index is 11.6. The molecule has 0 radical (unpaired) electrons. The van der Waals surface area contributed by atoms with Crippen molar-refractivity contribution in [2.45, 2.75) is 0 Å². The van der Waals surface area contributed by atoms with Crippen LogP contribution in [0.3, 0.4) is 0 Å². The smallest absolute Gasteiger partial charge is 0.349 e. The monoisotopic (exact) mass is 252 g/mol. The summed E-state index contributed by atoms with van der Waals surface area (Å²) in [4.78, 5) is 26.9. The number of carbonyl (C=O) groups excluding carboxylic acids is 2. The maximum Gasteiger partial charge on any atom is 0.349 e. The van der Waals surface area contributed by atoms with Gasteiger partial charge in [-0.3, -0.25) is 10.1 Å². The number of ether oxygens (including phenoxy) is 1. The minimum atomic E-state index is -0.485. The molecule has 2 aromatic rings. The number of thiazole rings is 1. The number of rotatable bonds is 3. The molecule has 0 aliphatic carbocycles. The number of methoxy groups -OCH3 is 1. The van der Waals surface area contributed by atoms with Gasteiger partial charge in [0.25, 0.3) is 5.91 Å². The predicted octanol–water partition coefficient (Wildman–Crippen LogP) is 1.77. The first-order valence-electron chi connectivity index (χ1n) is 4.59. The van der Waals surface area contributed by atoms with E-state index in [0.717, 1.165) is 11.3 Å². The second kappa shape index (κ2) is 4.79. The van der Waals surface area contributed by atoms with Crippen LogP contribution in [0.15, 0.2) is 29.0 Å². The highest BCUT2D eigenvalue weighted by Gasteiger charge is 2.14. The number of carbonyl (C=O) groups is 2.